The molecule has 1 heterocycles. The molecule has 7 heteroatoms. The summed E-state index contributed by atoms with van der Waals surface area (Å²) in [6, 6.07) is 5.98. The Kier molecular flexibility index (Phi) is 4.06. The lowest BCUT2D eigenvalue weighted by molar-refractivity contribution is -0.0499. The van der Waals surface area contributed by atoms with Crippen LogP contribution in [0.25, 0.3) is 0 Å². The van der Waals surface area contributed by atoms with Gasteiger partial charge in [0.05, 0.1) is 6.10 Å². The normalized spacial score (nSPS) is 12.7. The first-order valence-corrected chi connectivity index (χ1v) is 5.62. The molecule has 19 heavy (non-hydrogen) atoms. The molecule has 1 N–H and O–H groups in total. The van der Waals surface area contributed by atoms with Crippen molar-refractivity contribution in [2.75, 3.05) is 0 Å². The molecule has 0 radical (unpaired) electrons. The number of aryl methyl sites for hydroxylation is 1. The number of alkyl halides is 2. The molecule has 1 atom stereocenters. The number of benzene rings is 1. The smallest absolute Gasteiger partial charge is 0.387 e. The van der Waals surface area contributed by atoms with Crippen molar-refractivity contribution in [3.63, 3.8) is 0 Å². The van der Waals surface area contributed by atoms with Crippen LogP contribution < -0.4 is 4.74 Å². The Balaban J connectivity index is 2.10. The van der Waals surface area contributed by atoms with Crippen molar-refractivity contribution in [2.45, 2.75) is 19.1 Å². The summed E-state index contributed by atoms with van der Waals surface area (Å²) >= 11 is 0. The van der Waals surface area contributed by atoms with Gasteiger partial charge in [0.1, 0.15) is 17.9 Å². The van der Waals surface area contributed by atoms with Gasteiger partial charge in [-0.2, -0.15) is 13.9 Å². The van der Waals surface area contributed by atoms with Crippen molar-refractivity contribution in [3.05, 3.63) is 42.0 Å². The largest absolute Gasteiger partial charge is 0.435 e. The monoisotopic (exact) mass is 269 g/mol. The Bertz CT molecular complexity index is 545. The zero-order valence-corrected chi connectivity index (χ0v) is 10.2. The molecule has 0 spiro atoms. The Labute approximate surface area is 108 Å². The fourth-order valence-corrected chi connectivity index (χ4v) is 1.69. The van der Waals surface area contributed by atoms with Gasteiger partial charge in [-0.25, -0.2) is 4.98 Å². The van der Waals surface area contributed by atoms with Crippen LogP contribution in [0, 0.1) is 0 Å². The van der Waals surface area contributed by atoms with Crippen LogP contribution in [-0.2, 0) is 13.5 Å². The van der Waals surface area contributed by atoms with E-state index in [1.54, 1.807) is 23.9 Å². The van der Waals surface area contributed by atoms with E-state index in [-0.39, 0.29) is 12.2 Å². The predicted octanol–water partition coefficient (Wildman–Crippen LogP) is 1.69. The van der Waals surface area contributed by atoms with E-state index in [0.29, 0.717) is 11.4 Å². The van der Waals surface area contributed by atoms with E-state index in [4.69, 9.17) is 0 Å². The third-order valence-electron chi connectivity index (χ3n) is 2.65. The van der Waals surface area contributed by atoms with Gasteiger partial charge in [-0.3, -0.25) is 4.68 Å². The van der Waals surface area contributed by atoms with E-state index in [0.717, 1.165) is 0 Å². The number of hydrogen-bond acceptors (Lipinski definition) is 4. The van der Waals surface area contributed by atoms with Gasteiger partial charge in [0, 0.05) is 13.5 Å². The fourth-order valence-electron chi connectivity index (χ4n) is 1.69. The summed E-state index contributed by atoms with van der Waals surface area (Å²) in [6.07, 6.45) is 0.775. The maximum Gasteiger partial charge on any atom is 0.387 e. The molecule has 1 aromatic heterocycles. The Hall–Kier alpha value is -2.02. The molecule has 1 unspecified atom stereocenters. The van der Waals surface area contributed by atoms with Crippen molar-refractivity contribution in [1.82, 2.24) is 14.8 Å². The van der Waals surface area contributed by atoms with Crippen LogP contribution in [0.15, 0.2) is 30.6 Å². The lowest BCUT2D eigenvalue weighted by Crippen LogP contribution is -2.08. The van der Waals surface area contributed by atoms with Gasteiger partial charge in [-0.15, -0.1) is 0 Å². The van der Waals surface area contributed by atoms with E-state index in [9.17, 15) is 13.9 Å². The molecule has 0 aliphatic heterocycles. The number of aliphatic hydroxyl groups is 1. The minimum Gasteiger partial charge on any atom is -0.435 e. The summed E-state index contributed by atoms with van der Waals surface area (Å²) in [5, 5.41) is 13.9. The maximum absolute atomic E-state index is 12.1. The molecule has 0 saturated heterocycles. The highest BCUT2D eigenvalue weighted by atomic mass is 19.3. The quantitative estimate of drug-likeness (QED) is 0.897. The van der Waals surface area contributed by atoms with E-state index in [1.165, 1.54) is 18.5 Å². The van der Waals surface area contributed by atoms with Gasteiger partial charge in [0.15, 0.2) is 0 Å². The summed E-state index contributed by atoms with van der Waals surface area (Å²) in [5.41, 5.74) is 0.487. The first-order chi connectivity index (χ1) is 9.06. The number of aliphatic hydroxyl groups excluding tert-OH is 1. The Morgan fingerprint density at radius 3 is 2.84 bits per heavy atom. The van der Waals surface area contributed by atoms with Crippen LogP contribution in [0.3, 0.4) is 0 Å². The average Bonchev–Trinajstić information content (AvgIpc) is 2.74. The van der Waals surface area contributed by atoms with Crippen LogP contribution in [0.4, 0.5) is 8.78 Å². The highest BCUT2D eigenvalue weighted by Gasteiger charge is 2.13. The topological polar surface area (TPSA) is 60.2 Å². The standard InChI is InChI=1S/C12H13F2N3O2/c1-17-11(15-7-16-17)6-10(18)8-3-2-4-9(5-8)19-12(13)14/h2-5,7,10,12,18H,6H2,1H3. The Morgan fingerprint density at radius 2 is 2.21 bits per heavy atom. The first-order valence-electron chi connectivity index (χ1n) is 5.62. The summed E-state index contributed by atoms with van der Waals surface area (Å²) in [7, 11) is 1.71. The zero-order chi connectivity index (χ0) is 13.8. The second-order valence-corrected chi connectivity index (χ2v) is 3.97. The zero-order valence-electron chi connectivity index (χ0n) is 10.2. The molecule has 0 bridgehead atoms. The second kappa shape index (κ2) is 5.75. The van der Waals surface area contributed by atoms with Crippen LogP contribution in [0.2, 0.25) is 0 Å². The van der Waals surface area contributed by atoms with Crippen LogP contribution >= 0.6 is 0 Å². The molecule has 0 saturated carbocycles. The van der Waals surface area contributed by atoms with E-state index >= 15 is 0 Å². The van der Waals surface area contributed by atoms with Crippen molar-refractivity contribution in [3.8, 4) is 5.75 Å². The Morgan fingerprint density at radius 1 is 1.42 bits per heavy atom. The second-order valence-electron chi connectivity index (χ2n) is 3.97. The molecule has 5 nitrogen and oxygen atoms in total. The van der Waals surface area contributed by atoms with Gasteiger partial charge in [0.2, 0.25) is 0 Å². The number of hydrogen-bond donors (Lipinski definition) is 1. The van der Waals surface area contributed by atoms with Crippen LogP contribution in [0.1, 0.15) is 17.5 Å². The maximum atomic E-state index is 12.1. The molecule has 102 valence electrons. The molecular formula is C12H13F2N3O2. The predicted molar refractivity (Wildman–Crippen MR) is 62.7 cm³/mol. The van der Waals surface area contributed by atoms with Crippen molar-refractivity contribution in [1.29, 1.82) is 0 Å². The SMILES string of the molecule is Cn1ncnc1CC(O)c1cccc(OC(F)F)c1. The van der Waals surface area contributed by atoms with Crippen molar-refractivity contribution < 1.29 is 18.6 Å². The van der Waals surface area contributed by atoms with Gasteiger partial charge in [-0.1, -0.05) is 12.1 Å². The summed E-state index contributed by atoms with van der Waals surface area (Å²) < 4.78 is 30.0. The van der Waals surface area contributed by atoms with Crippen molar-refractivity contribution in [2.24, 2.45) is 7.05 Å². The molecule has 2 rings (SSSR count). The molecule has 0 aliphatic carbocycles. The van der Waals surface area contributed by atoms with Crippen LogP contribution in [-0.4, -0.2) is 26.5 Å². The third kappa shape index (κ3) is 3.47. The highest BCUT2D eigenvalue weighted by Crippen LogP contribution is 2.22. The third-order valence-corrected chi connectivity index (χ3v) is 2.65. The number of halogens is 2. The van der Waals surface area contributed by atoms with Gasteiger partial charge in [0.25, 0.3) is 0 Å². The fraction of sp³-hybridized carbons (Fsp3) is 0.333. The van der Waals surface area contributed by atoms with Crippen molar-refractivity contribution >= 4 is 0 Å². The van der Waals surface area contributed by atoms with Crippen LogP contribution in [0.5, 0.6) is 5.75 Å². The lowest BCUT2D eigenvalue weighted by Gasteiger charge is -2.12. The molecule has 2 aromatic rings. The number of nitrogens with zero attached hydrogens (tertiary/aromatic N) is 3. The summed E-state index contributed by atoms with van der Waals surface area (Å²) in [6.45, 7) is -2.88. The van der Waals surface area contributed by atoms with Gasteiger partial charge >= 0.3 is 6.61 Å². The molecule has 0 amide bonds. The average molecular weight is 269 g/mol. The van der Waals surface area contributed by atoms with Gasteiger partial charge < -0.3 is 9.84 Å². The van der Waals surface area contributed by atoms with E-state index in [2.05, 4.69) is 14.8 Å². The lowest BCUT2D eigenvalue weighted by atomic mass is 10.1. The summed E-state index contributed by atoms with van der Waals surface area (Å²) in [5.74, 6) is 0.622. The first kappa shape index (κ1) is 13.4. The minimum atomic E-state index is -2.88. The molecule has 0 aliphatic rings. The minimum absolute atomic E-state index is 0.0181. The number of rotatable bonds is 5. The number of aromatic nitrogens is 3. The van der Waals surface area contributed by atoms with E-state index in [1.807, 2.05) is 0 Å². The number of ether oxygens (including phenoxy) is 1. The molecule has 1 aromatic carbocycles. The van der Waals surface area contributed by atoms with E-state index < -0.39 is 12.7 Å². The highest BCUT2D eigenvalue weighted by molar-refractivity contribution is 5.30. The summed E-state index contributed by atoms with van der Waals surface area (Å²) in [4.78, 5) is 3.99. The molecular weight excluding hydrogens is 256 g/mol. The molecule has 0 fully saturated rings. The van der Waals surface area contributed by atoms with Gasteiger partial charge in [-0.05, 0) is 17.7 Å².